The van der Waals surface area contributed by atoms with Crippen LogP contribution >= 0.6 is 0 Å². The van der Waals surface area contributed by atoms with E-state index in [9.17, 15) is 26.3 Å². The first kappa shape index (κ1) is 33.2. The fourth-order valence-corrected chi connectivity index (χ4v) is 5.53. The van der Waals surface area contributed by atoms with Crippen molar-refractivity contribution in [3.63, 3.8) is 0 Å². The molecule has 2 aromatic carbocycles. The van der Waals surface area contributed by atoms with E-state index in [1.165, 1.54) is 0 Å². The highest BCUT2D eigenvalue weighted by molar-refractivity contribution is 5.88. The SMILES string of the molecule is [C-]#[N+]/C(C#N)=C(/C(C#N)=C/C=C/C1=C(N2CCOCC2)C(=C/C=C/C(C#N)=C(\c2ccccc2)C(C#N)C#N)/CC1)c1ccccc1. The Morgan fingerprint density at radius 2 is 1.49 bits per heavy atom. The van der Waals surface area contributed by atoms with Gasteiger partial charge in [-0.15, -0.1) is 0 Å². The van der Waals surface area contributed by atoms with Crippen molar-refractivity contribution in [3.8, 4) is 30.3 Å². The molecule has 0 amide bonds. The number of ether oxygens (including phenoxy) is 1. The van der Waals surface area contributed by atoms with Gasteiger partial charge in [-0.05, 0) is 47.3 Å². The summed E-state index contributed by atoms with van der Waals surface area (Å²) in [6.45, 7) is 10.1. The second kappa shape index (κ2) is 17.0. The smallest absolute Gasteiger partial charge is 0.270 e. The minimum Gasteiger partial charge on any atom is -0.378 e. The molecule has 0 aromatic heterocycles. The monoisotopic (exact) mass is 611 g/mol. The van der Waals surface area contributed by atoms with Gasteiger partial charge < -0.3 is 9.64 Å². The van der Waals surface area contributed by atoms with Crippen molar-refractivity contribution in [1.82, 2.24) is 4.90 Å². The number of nitriles is 5. The molecule has 0 atom stereocenters. The second-order valence-electron chi connectivity index (χ2n) is 10.4. The quantitative estimate of drug-likeness (QED) is 0.164. The zero-order valence-electron chi connectivity index (χ0n) is 25.6. The number of hydrogen-bond acceptors (Lipinski definition) is 7. The molecule has 2 aromatic rings. The van der Waals surface area contributed by atoms with Crippen molar-refractivity contribution >= 4 is 11.1 Å². The Kier molecular flexibility index (Phi) is 12.0. The Balaban J connectivity index is 1.74. The summed E-state index contributed by atoms with van der Waals surface area (Å²) in [6.07, 6.45) is 12.2. The van der Waals surface area contributed by atoms with Gasteiger partial charge in [-0.3, -0.25) is 0 Å². The number of hydrogen-bond donors (Lipinski definition) is 0. The van der Waals surface area contributed by atoms with Crippen LogP contribution in [0.25, 0.3) is 16.0 Å². The molecule has 1 aliphatic carbocycles. The molecule has 47 heavy (non-hydrogen) atoms. The predicted octanol–water partition coefficient (Wildman–Crippen LogP) is 7.35. The summed E-state index contributed by atoms with van der Waals surface area (Å²) in [6, 6.07) is 28.2. The highest BCUT2D eigenvalue weighted by Gasteiger charge is 2.25. The number of benzene rings is 2. The van der Waals surface area contributed by atoms with E-state index in [1.54, 1.807) is 72.8 Å². The lowest BCUT2D eigenvalue weighted by atomic mass is 9.90. The lowest BCUT2D eigenvalue weighted by molar-refractivity contribution is 0.0547. The molecule has 0 radical (unpaired) electrons. The van der Waals surface area contributed by atoms with E-state index in [4.69, 9.17) is 11.3 Å². The van der Waals surface area contributed by atoms with Crippen LogP contribution in [-0.2, 0) is 4.74 Å². The van der Waals surface area contributed by atoms with E-state index < -0.39 is 5.92 Å². The van der Waals surface area contributed by atoms with Crippen LogP contribution in [0.15, 0.2) is 131 Å². The Morgan fingerprint density at radius 3 is 2.06 bits per heavy atom. The van der Waals surface area contributed by atoms with Crippen molar-refractivity contribution in [2.45, 2.75) is 12.8 Å². The predicted molar refractivity (Wildman–Crippen MR) is 178 cm³/mol. The molecule has 4 rings (SSSR count). The zero-order chi connectivity index (χ0) is 33.4. The normalized spacial score (nSPS) is 17.0. The van der Waals surface area contributed by atoms with Crippen LogP contribution in [-0.4, -0.2) is 31.2 Å². The second-order valence-corrected chi connectivity index (χ2v) is 10.4. The van der Waals surface area contributed by atoms with Crippen LogP contribution in [0.5, 0.6) is 0 Å². The van der Waals surface area contributed by atoms with E-state index in [0.717, 1.165) is 29.7 Å². The van der Waals surface area contributed by atoms with Crippen LogP contribution in [0, 0.1) is 69.1 Å². The molecule has 0 unspecified atom stereocenters. The fraction of sp³-hybridized carbons (Fsp3) is 0.179. The molecule has 8 nitrogen and oxygen atoms in total. The molecule has 8 heteroatoms. The first-order chi connectivity index (χ1) is 23.1. The van der Waals surface area contributed by atoms with Crippen LogP contribution < -0.4 is 0 Å². The van der Waals surface area contributed by atoms with Gasteiger partial charge in [-0.25, -0.2) is 10.1 Å². The topological polar surface area (TPSA) is 136 Å². The third-order valence-electron chi connectivity index (χ3n) is 7.67. The summed E-state index contributed by atoms with van der Waals surface area (Å²) in [7, 11) is 0. The van der Waals surface area contributed by atoms with Gasteiger partial charge in [0.2, 0.25) is 0 Å². The van der Waals surface area contributed by atoms with Gasteiger partial charge in [0.1, 0.15) is 0 Å². The molecule has 0 N–H and O–H groups in total. The Bertz CT molecular complexity index is 1930. The molecule has 0 bridgehead atoms. The Hall–Kier alpha value is -6.68. The van der Waals surface area contributed by atoms with E-state index in [0.29, 0.717) is 48.6 Å². The molecule has 1 heterocycles. The summed E-state index contributed by atoms with van der Waals surface area (Å²) >= 11 is 0. The van der Waals surface area contributed by atoms with Gasteiger partial charge in [0, 0.05) is 29.9 Å². The third-order valence-corrected chi connectivity index (χ3v) is 7.67. The highest BCUT2D eigenvalue weighted by atomic mass is 16.5. The summed E-state index contributed by atoms with van der Waals surface area (Å²) in [4.78, 5) is 5.64. The van der Waals surface area contributed by atoms with E-state index >= 15 is 0 Å². The summed E-state index contributed by atoms with van der Waals surface area (Å²) in [5.74, 6) is -1.10. The average Bonchev–Trinajstić information content (AvgIpc) is 3.53. The van der Waals surface area contributed by atoms with Gasteiger partial charge in [-0.1, -0.05) is 85.0 Å². The first-order valence-corrected chi connectivity index (χ1v) is 14.9. The van der Waals surface area contributed by atoms with Crippen molar-refractivity contribution in [2.75, 3.05) is 26.3 Å². The standard InChI is InChI=1S/C39H29N7O/c1-45-36(28-44)38(30-12-6-3-7-13-30)34(25-41)17-9-15-32-19-18-31(39(32)46-20-22-47-23-21-46)14-8-16-33(24-40)37(35(26-42)27-43)29-10-4-2-5-11-29/h2-17,35H,18-23H2/b15-9+,16-8+,31-14+,34-17+,37-33-,38-36+. The van der Waals surface area contributed by atoms with Crippen molar-refractivity contribution in [3.05, 3.63) is 153 Å². The zero-order valence-corrected chi connectivity index (χ0v) is 25.6. The first-order valence-electron chi connectivity index (χ1n) is 14.9. The number of allylic oxidation sites excluding steroid dienone is 13. The maximum atomic E-state index is 10.0. The van der Waals surface area contributed by atoms with Gasteiger partial charge in [0.25, 0.3) is 5.70 Å². The summed E-state index contributed by atoms with van der Waals surface area (Å²) < 4.78 is 5.60. The molecule has 226 valence electrons. The van der Waals surface area contributed by atoms with Gasteiger partial charge in [0.05, 0.1) is 61.3 Å². The Labute approximate surface area is 275 Å². The lowest BCUT2D eigenvalue weighted by Crippen LogP contribution is -2.36. The van der Waals surface area contributed by atoms with Crippen molar-refractivity contribution in [2.24, 2.45) is 5.92 Å². The Morgan fingerprint density at radius 1 is 0.830 bits per heavy atom. The molecule has 0 saturated carbocycles. The molecular formula is C39H29N7O. The third kappa shape index (κ3) is 8.08. The minimum atomic E-state index is -1.10. The molecule has 2 aliphatic rings. The number of nitrogens with zero attached hydrogens (tertiary/aromatic N) is 7. The minimum absolute atomic E-state index is 0.152. The van der Waals surface area contributed by atoms with Gasteiger partial charge in [0.15, 0.2) is 5.92 Å². The van der Waals surface area contributed by atoms with Gasteiger partial charge >= 0.3 is 0 Å². The van der Waals surface area contributed by atoms with E-state index in [2.05, 4.69) is 21.9 Å². The van der Waals surface area contributed by atoms with Crippen molar-refractivity contribution < 1.29 is 4.74 Å². The van der Waals surface area contributed by atoms with Crippen LogP contribution in [0.2, 0.25) is 0 Å². The highest BCUT2D eigenvalue weighted by Crippen LogP contribution is 2.36. The lowest BCUT2D eigenvalue weighted by Gasteiger charge is -2.31. The summed E-state index contributed by atoms with van der Waals surface area (Å²) in [5.41, 5.74) is 5.40. The fourth-order valence-electron chi connectivity index (χ4n) is 5.53. The average molecular weight is 612 g/mol. The largest absolute Gasteiger partial charge is 0.378 e. The van der Waals surface area contributed by atoms with Crippen LogP contribution in [0.4, 0.5) is 0 Å². The molecule has 1 aliphatic heterocycles. The van der Waals surface area contributed by atoms with Crippen LogP contribution in [0.1, 0.15) is 24.0 Å². The number of morpholine rings is 1. The number of rotatable bonds is 9. The molecular weight excluding hydrogens is 582 g/mol. The maximum absolute atomic E-state index is 10.0. The van der Waals surface area contributed by atoms with E-state index in [-0.39, 0.29) is 16.8 Å². The maximum Gasteiger partial charge on any atom is 0.270 e. The van der Waals surface area contributed by atoms with Crippen molar-refractivity contribution in [1.29, 1.82) is 26.3 Å². The van der Waals surface area contributed by atoms with Gasteiger partial charge in [-0.2, -0.15) is 21.0 Å². The molecule has 1 saturated heterocycles. The summed E-state index contributed by atoms with van der Waals surface area (Å²) in [5, 5.41) is 48.9. The molecule has 0 spiro atoms. The molecule has 1 fully saturated rings. The van der Waals surface area contributed by atoms with E-state index in [1.807, 2.05) is 42.5 Å². The van der Waals surface area contributed by atoms with Crippen LogP contribution in [0.3, 0.4) is 0 Å².